The number of anilines is 1. The third kappa shape index (κ3) is 3.57. The molecule has 0 saturated carbocycles. The Labute approximate surface area is 161 Å². The molecule has 0 fully saturated rings. The van der Waals surface area contributed by atoms with Crippen LogP contribution in [0, 0.1) is 0 Å². The Kier molecular flexibility index (Phi) is 5.27. The summed E-state index contributed by atoms with van der Waals surface area (Å²) in [5.74, 6) is -0.630. The van der Waals surface area contributed by atoms with Crippen molar-refractivity contribution in [3.05, 3.63) is 39.8 Å². The van der Waals surface area contributed by atoms with Gasteiger partial charge in [0.1, 0.15) is 4.88 Å². The van der Waals surface area contributed by atoms with Crippen LogP contribution < -0.4 is 5.32 Å². The first kappa shape index (κ1) is 19.0. The molecular formula is C19H22N4O3S. The summed E-state index contributed by atoms with van der Waals surface area (Å²) in [6.45, 7) is 8.09. The molecule has 0 aliphatic carbocycles. The van der Waals surface area contributed by atoms with Crippen molar-refractivity contribution in [1.29, 1.82) is 0 Å². The number of pyridine rings is 1. The van der Waals surface area contributed by atoms with Crippen LogP contribution in [-0.2, 0) is 4.74 Å². The highest BCUT2D eigenvalue weighted by molar-refractivity contribution is 7.12. The minimum absolute atomic E-state index is 0.121. The zero-order chi connectivity index (χ0) is 19.7. The van der Waals surface area contributed by atoms with Gasteiger partial charge in [-0.15, -0.1) is 11.3 Å². The third-order valence-corrected chi connectivity index (χ3v) is 5.09. The zero-order valence-corrected chi connectivity index (χ0v) is 16.8. The molecule has 3 aromatic heterocycles. The Morgan fingerprint density at radius 1 is 1.26 bits per heavy atom. The fraction of sp³-hybridized carbons (Fsp3) is 0.368. The number of nitrogens with one attached hydrogen (secondary N) is 1. The van der Waals surface area contributed by atoms with Crippen molar-refractivity contribution < 1.29 is 14.3 Å². The number of hydrogen-bond acceptors (Lipinski definition) is 6. The lowest BCUT2D eigenvalue weighted by Crippen LogP contribution is -2.15. The van der Waals surface area contributed by atoms with Crippen molar-refractivity contribution in [3.8, 4) is 0 Å². The summed E-state index contributed by atoms with van der Waals surface area (Å²) in [7, 11) is 1.31. The molecule has 0 aromatic carbocycles. The molecule has 7 nitrogen and oxygen atoms in total. The minimum Gasteiger partial charge on any atom is -0.465 e. The number of esters is 1. The SMILES string of the molecule is COC(=O)c1sccc1NC(=O)c1cc(C(C)C)nc2c1cnn2C(C)C. The number of hydrogen-bond donors (Lipinski definition) is 1. The predicted octanol–water partition coefficient (Wildman–Crippen LogP) is 4.24. The maximum atomic E-state index is 13.0. The van der Waals surface area contributed by atoms with Gasteiger partial charge in [-0.2, -0.15) is 5.10 Å². The van der Waals surface area contributed by atoms with Gasteiger partial charge in [-0.3, -0.25) is 4.79 Å². The second kappa shape index (κ2) is 7.48. The van der Waals surface area contributed by atoms with Crippen LogP contribution in [-0.4, -0.2) is 33.8 Å². The van der Waals surface area contributed by atoms with Crippen molar-refractivity contribution in [2.45, 2.75) is 39.7 Å². The van der Waals surface area contributed by atoms with Gasteiger partial charge in [-0.25, -0.2) is 14.5 Å². The Morgan fingerprint density at radius 2 is 2.00 bits per heavy atom. The summed E-state index contributed by atoms with van der Waals surface area (Å²) in [6, 6.07) is 3.60. The number of rotatable bonds is 5. The molecule has 3 heterocycles. The number of carbonyl (C=O) groups is 2. The number of nitrogens with zero attached hydrogens (tertiary/aromatic N) is 3. The average Bonchev–Trinajstić information content (AvgIpc) is 3.26. The minimum atomic E-state index is -0.476. The average molecular weight is 386 g/mol. The number of aromatic nitrogens is 3. The van der Waals surface area contributed by atoms with Crippen molar-refractivity contribution >= 4 is 39.9 Å². The van der Waals surface area contributed by atoms with Crippen molar-refractivity contribution in [2.24, 2.45) is 0 Å². The molecular weight excluding hydrogens is 364 g/mol. The summed E-state index contributed by atoms with van der Waals surface area (Å²) in [4.78, 5) is 29.9. The van der Waals surface area contributed by atoms with Crippen LogP contribution in [0.25, 0.3) is 11.0 Å². The van der Waals surface area contributed by atoms with E-state index in [4.69, 9.17) is 9.72 Å². The molecule has 0 aliphatic heterocycles. The van der Waals surface area contributed by atoms with Crippen LogP contribution in [0.2, 0.25) is 0 Å². The van der Waals surface area contributed by atoms with Crippen LogP contribution in [0.1, 0.15) is 65.4 Å². The Morgan fingerprint density at radius 3 is 2.63 bits per heavy atom. The summed E-state index contributed by atoms with van der Waals surface area (Å²) >= 11 is 1.22. The van der Waals surface area contributed by atoms with Gasteiger partial charge in [-0.1, -0.05) is 13.8 Å². The first-order valence-electron chi connectivity index (χ1n) is 8.68. The van der Waals surface area contributed by atoms with Gasteiger partial charge in [0, 0.05) is 11.7 Å². The van der Waals surface area contributed by atoms with E-state index in [2.05, 4.69) is 10.4 Å². The smallest absolute Gasteiger partial charge is 0.350 e. The van der Waals surface area contributed by atoms with E-state index in [9.17, 15) is 9.59 Å². The molecule has 0 atom stereocenters. The summed E-state index contributed by atoms with van der Waals surface area (Å²) in [6.07, 6.45) is 1.66. The van der Waals surface area contributed by atoms with Crippen LogP contribution in [0.5, 0.6) is 0 Å². The number of carbonyl (C=O) groups excluding carboxylic acids is 2. The number of amides is 1. The highest BCUT2D eigenvalue weighted by Gasteiger charge is 2.21. The van der Waals surface area contributed by atoms with Gasteiger partial charge < -0.3 is 10.1 Å². The van der Waals surface area contributed by atoms with E-state index < -0.39 is 5.97 Å². The molecule has 27 heavy (non-hydrogen) atoms. The molecule has 1 N–H and O–H groups in total. The maximum absolute atomic E-state index is 13.0. The van der Waals surface area contributed by atoms with E-state index in [1.165, 1.54) is 18.4 Å². The van der Waals surface area contributed by atoms with Gasteiger partial charge in [0.15, 0.2) is 5.65 Å². The maximum Gasteiger partial charge on any atom is 0.350 e. The van der Waals surface area contributed by atoms with Crippen molar-refractivity contribution in [1.82, 2.24) is 14.8 Å². The second-order valence-electron chi connectivity index (χ2n) is 6.78. The van der Waals surface area contributed by atoms with E-state index in [1.54, 1.807) is 23.7 Å². The van der Waals surface area contributed by atoms with Gasteiger partial charge in [0.05, 0.1) is 29.9 Å². The van der Waals surface area contributed by atoms with E-state index in [0.717, 1.165) is 5.69 Å². The third-order valence-electron chi connectivity index (χ3n) is 4.20. The molecule has 8 heteroatoms. The largest absolute Gasteiger partial charge is 0.465 e. The topological polar surface area (TPSA) is 86.1 Å². The lowest BCUT2D eigenvalue weighted by molar-refractivity contribution is 0.0607. The van der Waals surface area contributed by atoms with Gasteiger partial charge >= 0.3 is 5.97 Å². The molecule has 142 valence electrons. The van der Waals surface area contributed by atoms with Crippen molar-refractivity contribution in [2.75, 3.05) is 12.4 Å². The first-order valence-corrected chi connectivity index (χ1v) is 9.56. The molecule has 0 bridgehead atoms. The van der Waals surface area contributed by atoms with E-state index in [-0.39, 0.29) is 17.9 Å². The molecule has 3 rings (SSSR count). The fourth-order valence-corrected chi connectivity index (χ4v) is 3.51. The molecule has 0 aliphatic rings. The number of methoxy groups -OCH3 is 1. The highest BCUT2D eigenvalue weighted by Crippen LogP contribution is 2.27. The van der Waals surface area contributed by atoms with E-state index >= 15 is 0 Å². The summed E-state index contributed by atoms with van der Waals surface area (Å²) < 4.78 is 6.58. The zero-order valence-electron chi connectivity index (χ0n) is 15.9. The van der Waals surface area contributed by atoms with Crippen LogP contribution >= 0.6 is 11.3 Å². The normalized spacial score (nSPS) is 11.4. The molecule has 0 spiro atoms. The standard InChI is InChI=1S/C19H22N4O3S/c1-10(2)15-8-12(13-9-20-23(11(3)4)17(13)21-15)18(24)22-14-6-7-27-16(14)19(25)26-5/h6-11H,1-5H3,(H,22,24). The molecule has 0 radical (unpaired) electrons. The summed E-state index contributed by atoms with van der Waals surface area (Å²) in [5.41, 5.74) is 2.41. The van der Waals surface area contributed by atoms with Gasteiger partial charge in [-0.05, 0) is 37.3 Å². The highest BCUT2D eigenvalue weighted by atomic mass is 32.1. The van der Waals surface area contributed by atoms with Crippen molar-refractivity contribution in [3.63, 3.8) is 0 Å². The van der Waals surface area contributed by atoms with Gasteiger partial charge in [0.2, 0.25) is 0 Å². The second-order valence-corrected chi connectivity index (χ2v) is 7.69. The summed E-state index contributed by atoms with van der Waals surface area (Å²) in [5, 5.41) is 9.64. The Bertz CT molecular complexity index is 1000. The Balaban J connectivity index is 2.06. The van der Waals surface area contributed by atoms with Crippen LogP contribution in [0.15, 0.2) is 23.7 Å². The first-order chi connectivity index (χ1) is 12.8. The fourth-order valence-electron chi connectivity index (χ4n) is 2.75. The van der Waals surface area contributed by atoms with Crippen LogP contribution in [0.3, 0.4) is 0 Å². The lowest BCUT2D eigenvalue weighted by Gasteiger charge is -2.12. The van der Waals surface area contributed by atoms with E-state index in [0.29, 0.717) is 27.2 Å². The van der Waals surface area contributed by atoms with Gasteiger partial charge in [0.25, 0.3) is 5.91 Å². The Hall–Kier alpha value is -2.74. The van der Waals surface area contributed by atoms with Crippen LogP contribution in [0.4, 0.5) is 5.69 Å². The number of fused-ring (bicyclic) bond motifs is 1. The lowest BCUT2D eigenvalue weighted by atomic mass is 10.0. The number of ether oxygens (including phenoxy) is 1. The molecule has 0 saturated heterocycles. The number of thiophene rings is 1. The molecule has 0 unspecified atom stereocenters. The quantitative estimate of drug-likeness (QED) is 0.663. The molecule has 3 aromatic rings. The van der Waals surface area contributed by atoms with E-state index in [1.807, 2.05) is 32.4 Å². The predicted molar refractivity (Wildman–Crippen MR) is 106 cm³/mol. The monoisotopic (exact) mass is 386 g/mol. The molecule has 1 amide bonds.